The van der Waals surface area contributed by atoms with Crippen molar-refractivity contribution < 1.29 is 14.3 Å². The van der Waals surface area contributed by atoms with Crippen molar-refractivity contribution in [3.05, 3.63) is 35.5 Å². The van der Waals surface area contributed by atoms with Gasteiger partial charge in [-0.15, -0.1) is 0 Å². The predicted octanol–water partition coefficient (Wildman–Crippen LogP) is 1.48. The van der Waals surface area contributed by atoms with E-state index in [2.05, 4.69) is 5.10 Å². The molecule has 2 N–H and O–H groups in total. The predicted molar refractivity (Wildman–Crippen MR) is 70.7 cm³/mol. The van der Waals surface area contributed by atoms with Gasteiger partial charge in [0.25, 0.3) is 5.91 Å². The largest absolute Gasteiger partial charge is 0.493 e. The second-order valence-corrected chi connectivity index (χ2v) is 3.97. The molecule has 0 amide bonds. The number of hydrogen-bond acceptors (Lipinski definition) is 5. The number of benzene rings is 1. The Hall–Kier alpha value is -2.50. The number of ether oxygens (including phenoxy) is 2. The molecule has 0 aliphatic rings. The molecule has 0 atom stereocenters. The number of hydrogen-bond donors (Lipinski definition) is 1. The Morgan fingerprint density at radius 3 is 2.58 bits per heavy atom. The summed E-state index contributed by atoms with van der Waals surface area (Å²) in [4.78, 5) is 12.4. The van der Waals surface area contributed by atoms with Gasteiger partial charge in [0.15, 0.2) is 11.5 Å². The fraction of sp³-hybridized carbons (Fsp3) is 0.231. The maximum atomic E-state index is 12.4. The van der Waals surface area contributed by atoms with E-state index in [4.69, 9.17) is 15.2 Å². The average Bonchev–Trinajstić information content (AvgIpc) is 2.77. The number of carbonyl (C=O) groups is 1. The van der Waals surface area contributed by atoms with Gasteiger partial charge in [0.2, 0.25) is 0 Å². The van der Waals surface area contributed by atoms with Gasteiger partial charge >= 0.3 is 0 Å². The Morgan fingerprint density at radius 1 is 1.32 bits per heavy atom. The minimum absolute atomic E-state index is 0.315. The third kappa shape index (κ3) is 2.12. The van der Waals surface area contributed by atoms with Crippen molar-refractivity contribution in [2.75, 3.05) is 20.0 Å². The molecule has 100 valence electrons. The van der Waals surface area contributed by atoms with E-state index in [1.54, 1.807) is 31.3 Å². The summed E-state index contributed by atoms with van der Waals surface area (Å²) in [5.41, 5.74) is 6.90. The molecule has 0 bridgehead atoms. The maximum Gasteiger partial charge on any atom is 0.283 e. The summed E-state index contributed by atoms with van der Waals surface area (Å²) in [6.45, 7) is 1.79. The van der Waals surface area contributed by atoms with Crippen LogP contribution in [0.5, 0.6) is 11.5 Å². The SMILES string of the molecule is COc1cccc(C(=O)n2ncc(C)c2N)c1OC. The fourth-order valence-electron chi connectivity index (χ4n) is 1.77. The number of methoxy groups -OCH3 is 2. The quantitative estimate of drug-likeness (QED) is 0.905. The minimum atomic E-state index is -0.360. The van der Waals surface area contributed by atoms with Crippen LogP contribution < -0.4 is 15.2 Å². The summed E-state index contributed by atoms with van der Waals surface area (Å²) in [7, 11) is 2.99. The molecule has 0 spiro atoms. The highest BCUT2D eigenvalue weighted by Crippen LogP contribution is 2.31. The number of rotatable bonds is 3. The average molecular weight is 261 g/mol. The van der Waals surface area contributed by atoms with Gasteiger partial charge in [-0.2, -0.15) is 9.78 Å². The Labute approximate surface area is 110 Å². The van der Waals surface area contributed by atoms with E-state index >= 15 is 0 Å². The van der Waals surface area contributed by atoms with E-state index in [0.29, 0.717) is 22.9 Å². The summed E-state index contributed by atoms with van der Waals surface area (Å²) in [6.07, 6.45) is 1.54. The monoisotopic (exact) mass is 261 g/mol. The van der Waals surface area contributed by atoms with Gasteiger partial charge < -0.3 is 15.2 Å². The fourth-order valence-corrected chi connectivity index (χ4v) is 1.77. The normalized spacial score (nSPS) is 10.3. The zero-order valence-corrected chi connectivity index (χ0v) is 11.0. The number of aryl methyl sites for hydroxylation is 1. The number of nitrogens with zero attached hydrogens (tertiary/aromatic N) is 2. The molecule has 2 rings (SSSR count). The molecular weight excluding hydrogens is 246 g/mol. The van der Waals surface area contributed by atoms with Gasteiger partial charge in [0.1, 0.15) is 5.82 Å². The van der Waals surface area contributed by atoms with Gasteiger partial charge in [-0.3, -0.25) is 4.79 Å². The summed E-state index contributed by atoms with van der Waals surface area (Å²) in [5.74, 6) is 0.801. The Bertz CT molecular complexity index is 620. The van der Waals surface area contributed by atoms with Crippen molar-refractivity contribution in [2.45, 2.75) is 6.92 Å². The third-order valence-corrected chi connectivity index (χ3v) is 2.82. The Balaban J connectivity index is 2.53. The molecule has 6 nitrogen and oxygen atoms in total. The summed E-state index contributed by atoms with van der Waals surface area (Å²) in [5, 5.41) is 3.97. The molecule has 6 heteroatoms. The second-order valence-electron chi connectivity index (χ2n) is 3.97. The van der Waals surface area contributed by atoms with Crippen molar-refractivity contribution in [1.29, 1.82) is 0 Å². The van der Waals surface area contributed by atoms with E-state index in [1.807, 2.05) is 0 Å². The zero-order chi connectivity index (χ0) is 14.0. The first-order chi connectivity index (χ1) is 9.10. The van der Waals surface area contributed by atoms with Gasteiger partial charge in [-0.1, -0.05) is 6.07 Å². The van der Waals surface area contributed by atoms with Crippen LogP contribution in [0.3, 0.4) is 0 Å². The lowest BCUT2D eigenvalue weighted by molar-refractivity contribution is 0.0944. The van der Waals surface area contributed by atoms with Crippen molar-refractivity contribution >= 4 is 11.7 Å². The van der Waals surface area contributed by atoms with Crippen LogP contribution >= 0.6 is 0 Å². The van der Waals surface area contributed by atoms with Gasteiger partial charge in [-0.25, -0.2) is 0 Å². The van der Waals surface area contributed by atoms with Crippen molar-refractivity contribution in [1.82, 2.24) is 9.78 Å². The number of carbonyl (C=O) groups excluding carboxylic acids is 1. The molecular formula is C13H15N3O3. The number of nitrogens with two attached hydrogens (primary N) is 1. The first-order valence-corrected chi connectivity index (χ1v) is 5.66. The second kappa shape index (κ2) is 5.01. The van der Waals surface area contributed by atoms with Crippen LogP contribution in [-0.4, -0.2) is 29.9 Å². The first-order valence-electron chi connectivity index (χ1n) is 5.66. The third-order valence-electron chi connectivity index (χ3n) is 2.82. The summed E-state index contributed by atoms with van der Waals surface area (Å²) in [6, 6.07) is 5.06. The van der Waals surface area contributed by atoms with Crippen molar-refractivity contribution in [3.63, 3.8) is 0 Å². The van der Waals surface area contributed by atoms with E-state index < -0.39 is 0 Å². The number of aromatic nitrogens is 2. The molecule has 0 saturated carbocycles. The zero-order valence-electron chi connectivity index (χ0n) is 11.0. The summed E-state index contributed by atoms with van der Waals surface area (Å²) < 4.78 is 11.5. The molecule has 19 heavy (non-hydrogen) atoms. The van der Waals surface area contributed by atoms with Crippen LogP contribution in [0.1, 0.15) is 15.9 Å². The van der Waals surface area contributed by atoms with Crippen molar-refractivity contribution in [2.24, 2.45) is 0 Å². The van der Waals surface area contributed by atoms with E-state index in [0.717, 1.165) is 10.2 Å². The topological polar surface area (TPSA) is 79.4 Å². The first kappa shape index (κ1) is 12.9. The molecule has 1 aromatic heterocycles. The van der Waals surface area contributed by atoms with Gasteiger partial charge in [0, 0.05) is 5.56 Å². The van der Waals surface area contributed by atoms with E-state index in [-0.39, 0.29) is 5.91 Å². The van der Waals surface area contributed by atoms with Crippen LogP contribution in [0.2, 0.25) is 0 Å². The minimum Gasteiger partial charge on any atom is -0.493 e. The van der Waals surface area contributed by atoms with Crippen LogP contribution in [-0.2, 0) is 0 Å². The molecule has 0 radical (unpaired) electrons. The maximum absolute atomic E-state index is 12.4. The highest BCUT2D eigenvalue weighted by atomic mass is 16.5. The molecule has 1 aromatic carbocycles. The van der Waals surface area contributed by atoms with Crippen LogP contribution in [0, 0.1) is 6.92 Å². The lowest BCUT2D eigenvalue weighted by Gasteiger charge is -2.12. The van der Waals surface area contributed by atoms with E-state index in [9.17, 15) is 4.79 Å². The van der Waals surface area contributed by atoms with Crippen LogP contribution in [0.4, 0.5) is 5.82 Å². The Kier molecular flexibility index (Phi) is 3.41. The smallest absolute Gasteiger partial charge is 0.283 e. The standard InChI is InChI=1S/C13H15N3O3/c1-8-7-15-16(12(8)14)13(17)9-5-4-6-10(18-2)11(9)19-3/h4-7H,14H2,1-3H3. The van der Waals surface area contributed by atoms with Gasteiger partial charge in [-0.05, 0) is 19.1 Å². The number of anilines is 1. The van der Waals surface area contributed by atoms with Gasteiger partial charge in [0.05, 0.1) is 26.0 Å². The van der Waals surface area contributed by atoms with Crippen LogP contribution in [0.25, 0.3) is 0 Å². The summed E-state index contributed by atoms with van der Waals surface area (Å²) >= 11 is 0. The molecule has 0 aliphatic carbocycles. The molecule has 0 unspecified atom stereocenters. The molecule has 0 aliphatic heterocycles. The Morgan fingerprint density at radius 2 is 2.05 bits per heavy atom. The lowest BCUT2D eigenvalue weighted by atomic mass is 10.1. The molecule has 2 aromatic rings. The number of nitrogen functional groups attached to an aromatic ring is 1. The molecule has 1 heterocycles. The van der Waals surface area contributed by atoms with Crippen LogP contribution in [0.15, 0.2) is 24.4 Å². The lowest BCUT2D eigenvalue weighted by Crippen LogP contribution is -2.17. The molecule has 0 saturated heterocycles. The van der Waals surface area contributed by atoms with E-state index in [1.165, 1.54) is 14.2 Å². The van der Waals surface area contributed by atoms with Crippen molar-refractivity contribution in [3.8, 4) is 11.5 Å². The molecule has 0 fully saturated rings. The number of para-hydroxylation sites is 1. The highest BCUT2D eigenvalue weighted by Gasteiger charge is 2.20. The highest BCUT2D eigenvalue weighted by molar-refractivity contribution is 6.00.